The van der Waals surface area contributed by atoms with E-state index in [0.717, 1.165) is 0 Å². The number of anilines is 1. The Balaban J connectivity index is 2.27. The van der Waals surface area contributed by atoms with E-state index in [-0.39, 0.29) is 17.7 Å². The van der Waals surface area contributed by atoms with Crippen LogP contribution in [0.5, 0.6) is 0 Å². The maximum atomic E-state index is 11.7. The van der Waals surface area contributed by atoms with Crippen molar-refractivity contribution in [1.29, 1.82) is 0 Å². The average molecular weight is 276 g/mol. The zero-order valence-corrected chi connectivity index (χ0v) is 11.1. The lowest BCUT2D eigenvalue weighted by Crippen LogP contribution is -2.33. The van der Waals surface area contributed by atoms with E-state index in [1.807, 2.05) is 6.92 Å². The summed E-state index contributed by atoms with van der Waals surface area (Å²) >= 11 is 0. The quantitative estimate of drug-likeness (QED) is 0.788. The molecule has 2 heterocycles. The summed E-state index contributed by atoms with van der Waals surface area (Å²) in [5.74, 6) is 0. The molecule has 0 spiro atoms. The molecule has 0 aliphatic heterocycles. The third-order valence-corrected chi connectivity index (χ3v) is 3.05. The van der Waals surface area contributed by atoms with E-state index >= 15 is 0 Å². The van der Waals surface area contributed by atoms with Crippen molar-refractivity contribution >= 4 is 5.69 Å². The molecular weight excluding hydrogens is 260 g/mol. The van der Waals surface area contributed by atoms with Gasteiger partial charge >= 0.3 is 5.69 Å². The van der Waals surface area contributed by atoms with Gasteiger partial charge in [-0.2, -0.15) is 0 Å². The van der Waals surface area contributed by atoms with Crippen molar-refractivity contribution in [1.82, 2.24) is 14.1 Å². The molecule has 7 nitrogen and oxygen atoms in total. The summed E-state index contributed by atoms with van der Waals surface area (Å²) < 4.78 is 2.81. The van der Waals surface area contributed by atoms with Crippen LogP contribution >= 0.6 is 0 Å². The molecule has 20 heavy (non-hydrogen) atoms. The van der Waals surface area contributed by atoms with Crippen molar-refractivity contribution in [2.24, 2.45) is 0 Å². The lowest BCUT2D eigenvalue weighted by molar-refractivity contribution is 0.540. The molecule has 7 heteroatoms. The first kappa shape index (κ1) is 13.9. The highest BCUT2D eigenvalue weighted by atomic mass is 16.2. The SMILES string of the molecule is CCc1cn(CCn2cc(N)ccc2=O)c(=O)[nH]c1=O. The molecule has 0 saturated heterocycles. The number of hydrogen-bond acceptors (Lipinski definition) is 4. The smallest absolute Gasteiger partial charge is 0.328 e. The number of rotatable bonds is 4. The molecule has 2 rings (SSSR count). The first-order valence-corrected chi connectivity index (χ1v) is 6.30. The summed E-state index contributed by atoms with van der Waals surface area (Å²) in [6.45, 7) is 2.42. The van der Waals surface area contributed by atoms with Crippen LogP contribution in [0, 0.1) is 0 Å². The van der Waals surface area contributed by atoms with Crippen LogP contribution in [-0.4, -0.2) is 14.1 Å². The normalized spacial score (nSPS) is 10.7. The Labute approximate surface area is 114 Å². The lowest BCUT2D eigenvalue weighted by Gasteiger charge is -2.09. The fourth-order valence-electron chi connectivity index (χ4n) is 1.91. The third kappa shape index (κ3) is 2.87. The summed E-state index contributed by atoms with van der Waals surface area (Å²) in [6, 6.07) is 2.91. The fraction of sp³-hybridized carbons (Fsp3) is 0.308. The molecule has 0 amide bonds. The van der Waals surface area contributed by atoms with E-state index in [4.69, 9.17) is 5.73 Å². The number of nitrogens with zero attached hydrogens (tertiary/aromatic N) is 2. The van der Waals surface area contributed by atoms with Crippen LogP contribution in [0.3, 0.4) is 0 Å². The van der Waals surface area contributed by atoms with Crippen molar-refractivity contribution in [2.75, 3.05) is 5.73 Å². The Morgan fingerprint density at radius 1 is 1.10 bits per heavy atom. The largest absolute Gasteiger partial charge is 0.398 e. The minimum absolute atomic E-state index is 0.188. The highest BCUT2D eigenvalue weighted by molar-refractivity contribution is 5.33. The lowest BCUT2D eigenvalue weighted by atomic mass is 10.2. The van der Waals surface area contributed by atoms with Crippen LogP contribution in [0.25, 0.3) is 0 Å². The van der Waals surface area contributed by atoms with Gasteiger partial charge in [-0.05, 0) is 12.5 Å². The number of hydrogen-bond donors (Lipinski definition) is 2. The fourth-order valence-corrected chi connectivity index (χ4v) is 1.91. The molecule has 2 aromatic heterocycles. The molecule has 0 atom stereocenters. The second-order valence-corrected chi connectivity index (χ2v) is 4.45. The van der Waals surface area contributed by atoms with Gasteiger partial charge in [-0.15, -0.1) is 0 Å². The van der Waals surface area contributed by atoms with Gasteiger partial charge in [0.15, 0.2) is 0 Å². The Morgan fingerprint density at radius 3 is 2.50 bits per heavy atom. The summed E-state index contributed by atoms with van der Waals surface area (Å²) in [4.78, 5) is 37.0. The van der Waals surface area contributed by atoms with Crippen LogP contribution in [0.1, 0.15) is 12.5 Å². The molecule has 2 aromatic rings. The molecule has 106 valence electrons. The minimum atomic E-state index is -0.482. The van der Waals surface area contributed by atoms with Gasteiger partial charge in [0.1, 0.15) is 0 Å². The number of nitrogen functional groups attached to an aromatic ring is 1. The molecule has 0 aliphatic carbocycles. The van der Waals surface area contributed by atoms with Crippen LogP contribution in [0.4, 0.5) is 5.69 Å². The predicted octanol–water partition coefficient (Wildman–Crippen LogP) is -0.457. The predicted molar refractivity (Wildman–Crippen MR) is 75.8 cm³/mol. The molecule has 0 fully saturated rings. The number of aromatic nitrogens is 3. The topological polar surface area (TPSA) is 103 Å². The van der Waals surface area contributed by atoms with Crippen LogP contribution < -0.4 is 22.5 Å². The van der Waals surface area contributed by atoms with E-state index in [1.165, 1.54) is 33.7 Å². The van der Waals surface area contributed by atoms with E-state index < -0.39 is 5.69 Å². The van der Waals surface area contributed by atoms with Gasteiger partial charge in [-0.25, -0.2) is 4.79 Å². The number of aromatic amines is 1. The van der Waals surface area contributed by atoms with Crippen molar-refractivity contribution in [3.63, 3.8) is 0 Å². The van der Waals surface area contributed by atoms with Gasteiger partial charge in [0.2, 0.25) is 0 Å². The van der Waals surface area contributed by atoms with E-state index in [2.05, 4.69) is 4.98 Å². The monoisotopic (exact) mass is 276 g/mol. The number of pyridine rings is 1. The molecule has 0 aliphatic rings. The molecule has 3 N–H and O–H groups in total. The number of H-pyrrole nitrogens is 1. The zero-order valence-electron chi connectivity index (χ0n) is 11.1. The van der Waals surface area contributed by atoms with E-state index in [0.29, 0.717) is 24.2 Å². The van der Waals surface area contributed by atoms with Gasteiger partial charge in [-0.1, -0.05) is 6.92 Å². The second kappa shape index (κ2) is 5.60. The summed E-state index contributed by atoms with van der Waals surface area (Å²) in [5, 5.41) is 0. The zero-order chi connectivity index (χ0) is 14.7. The summed E-state index contributed by atoms with van der Waals surface area (Å²) in [5.41, 5.74) is 5.59. The third-order valence-electron chi connectivity index (χ3n) is 3.05. The number of aryl methyl sites for hydroxylation is 3. The van der Waals surface area contributed by atoms with Crippen LogP contribution in [0.2, 0.25) is 0 Å². The van der Waals surface area contributed by atoms with Crippen molar-refractivity contribution in [3.8, 4) is 0 Å². The molecule has 0 saturated carbocycles. The standard InChI is InChI=1S/C13H16N4O3/c1-2-9-7-17(13(20)15-12(9)19)6-5-16-8-10(14)3-4-11(16)18/h3-4,7-8H,2,5-6,14H2,1H3,(H,15,19,20). The minimum Gasteiger partial charge on any atom is -0.398 e. The van der Waals surface area contributed by atoms with Crippen molar-refractivity contribution in [3.05, 3.63) is 61.3 Å². The van der Waals surface area contributed by atoms with E-state index in [1.54, 1.807) is 0 Å². The molecule has 0 radical (unpaired) electrons. The number of nitrogens with one attached hydrogen (secondary N) is 1. The van der Waals surface area contributed by atoms with Gasteiger partial charge in [0, 0.05) is 42.8 Å². The highest BCUT2D eigenvalue weighted by Crippen LogP contribution is 1.96. The molecular formula is C13H16N4O3. The second-order valence-electron chi connectivity index (χ2n) is 4.45. The van der Waals surface area contributed by atoms with Crippen LogP contribution in [-0.2, 0) is 19.5 Å². The first-order chi connectivity index (χ1) is 9.51. The Morgan fingerprint density at radius 2 is 1.80 bits per heavy atom. The van der Waals surface area contributed by atoms with Gasteiger partial charge in [0.05, 0.1) is 0 Å². The van der Waals surface area contributed by atoms with E-state index in [9.17, 15) is 14.4 Å². The summed E-state index contributed by atoms with van der Waals surface area (Å²) in [6.07, 6.45) is 3.59. The Hall–Kier alpha value is -2.57. The molecule has 0 bridgehead atoms. The molecule has 0 aromatic carbocycles. The average Bonchev–Trinajstić information content (AvgIpc) is 2.41. The maximum absolute atomic E-state index is 11.7. The van der Waals surface area contributed by atoms with Gasteiger partial charge < -0.3 is 10.3 Å². The van der Waals surface area contributed by atoms with Gasteiger partial charge in [0.25, 0.3) is 11.1 Å². The Bertz CT molecular complexity index is 785. The number of nitrogens with two attached hydrogens (primary N) is 1. The Kier molecular flexibility index (Phi) is 3.88. The van der Waals surface area contributed by atoms with Crippen molar-refractivity contribution < 1.29 is 0 Å². The maximum Gasteiger partial charge on any atom is 0.328 e. The highest BCUT2D eigenvalue weighted by Gasteiger charge is 2.04. The first-order valence-electron chi connectivity index (χ1n) is 6.30. The molecule has 0 unspecified atom stereocenters. The summed E-state index contributed by atoms with van der Waals surface area (Å²) in [7, 11) is 0. The van der Waals surface area contributed by atoms with Crippen molar-refractivity contribution in [2.45, 2.75) is 26.4 Å². The van der Waals surface area contributed by atoms with Gasteiger partial charge in [-0.3, -0.25) is 19.1 Å². The van der Waals surface area contributed by atoms with Crippen LogP contribution in [0.15, 0.2) is 38.9 Å².